The molecule has 0 aliphatic heterocycles. The lowest BCUT2D eigenvalue weighted by Crippen LogP contribution is -2.05. The van der Waals surface area contributed by atoms with Crippen LogP contribution in [0.3, 0.4) is 0 Å². The number of rotatable bonds is 4. The van der Waals surface area contributed by atoms with Gasteiger partial charge in [-0.2, -0.15) is 0 Å². The van der Waals surface area contributed by atoms with E-state index in [2.05, 4.69) is 0 Å². The second kappa shape index (κ2) is 5.46. The first-order valence-corrected chi connectivity index (χ1v) is 5.53. The van der Waals surface area contributed by atoms with Gasteiger partial charge in [-0.25, -0.2) is 4.39 Å². The van der Waals surface area contributed by atoms with Crippen LogP contribution < -0.4 is 0 Å². The lowest BCUT2D eigenvalue weighted by Gasteiger charge is -2.07. The quantitative estimate of drug-likeness (QED) is 0.470. The van der Waals surface area contributed by atoms with Crippen LogP contribution in [0.1, 0.15) is 18.9 Å². The van der Waals surface area contributed by atoms with Crippen LogP contribution in [0, 0.1) is 15.9 Å². The molecule has 1 unspecified atom stereocenters. The van der Waals surface area contributed by atoms with Crippen LogP contribution >= 0.6 is 23.2 Å². The molecule has 3 nitrogen and oxygen atoms in total. The highest BCUT2D eigenvalue weighted by Gasteiger charge is 2.19. The molecule has 0 aliphatic rings. The van der Waals surface area contributed by atoms with Crippen LogP contribution in [-0.2, 0) is 6.42 Å². The summed E-state index contributed by atoms with van der Waals surface area (Å²) in [7, 11) is 0. The molecule has 0 saturated carbocycles. The fourth-order valence-corrected chi connectivity index (χ4v) is 1.62. The molecule has 0 amide bonds. The van der Waals surface area contributed by atoms with Crippen molar-refractivity contribution in [1.29, 1.82) is 0 Å². The molecule has 0 N–H and O–H groups in total. The lowest BCUT2D eigenvalue weighted by atomic mass is 10.1. The number of nitro groups is 1. The Morgan fingerprint density at radius 3 is 2.69 bits per heavy atom. The molecule has 0 fully saturated rings. The maximum absolute atomic E-state index is 13.2. The van der Waals surface area contributed by atoms with Crippen molar-refractivity contribution in [3.05, 3.63) is 38.7 Å². The Hall–Kier alpha value is -0.870. The molecule has 1 atom stereocenters. The fourth-order valence-electron chi connectivity index (χ4n) is 1.29. The van der Waals surface area contributed by atoms with Crippen LogP contribution in [0.2, 0.25) is 5.02 Å². The summed E-state index contributed by atoms with van der Waals surface area (Å²) < 4.78 is 13.2. The second-order valence-electron chi connectivity index (χ2n) is 3.36. The van der Waals surface area contributed by atoms with Gasteiger partial charge in [-0.05, 0) is 18.9 Å². The van der Waals surface area contributed by atoms with Crippen molar-refractivity contribution in [2.75, 3.05) is 0 Å². The maximum Gasteiger partial charge on any atom is 0.274 e. The average Bonchev–Trinajstić information content (AvgIpc) is 2.22. The average molecular weight is 266 g/mol. The van der Waals surface area contributed by atoms with Gasteiger partial charge in [-0.15, -0.1) is 11.6 Å². The van der Waals surface area contributed by atoms with Crippen molar-refractivity contribution in [3.8, 4) is 0 Å². The van der Waals surface area contributed by atoms with E-state index in [1.807, 2.05) is 6.92 Å². The van der Waals surface area contributed by atoms with E-state index in [0.29, 0.717) is 6.42 Å². The number of hydrogen-bond acceptors (Lipinski definition) is 2. The topological polar surface area (TPSA) is 43.1 Å². The number of benzene rings is 1. The summed E-state index contributed by atoms with van der Waals surface area (Å²) >= 11 is 11.4. The van der Waals surface area contributed by atoms with Crippen LogP contribution in [0.5, 0.6) is 0 Å². The minimum atomic E-state index is -0.665. The first kappa shape index (κ1) is 13.2. The minimum Gasteiger partial charge on any atom is -0.258 e. The summed E-state index contributed by atoms with van der Waals surface area (Å²) in [6.45, 7) is 1.86. The van der Waals surface area contributed by atoms with E-state index in [1.165, 1.54) is 0 Å². The Kier molecular flexibility index (Phi) is 4.50. The SMILES string of the molecule is CCC(Cl)Cc1cc(F)c(Cl)cc1[N+](=O)[O-]. The molecule has 0 aromatic heterocycles. The Bertz CT molecular complexity index is 412. The fraction of sp³-hybridized carbons (Fsp3) is 0.400. The van der Waals surface area contributed by atoms with Gasteiger partial charge >= 0.3 is 0 Å². The lowest BCUT2D eigenvalue weighted by molar-refractivity contribution is -0.385. The summed E-state index contributed by atoms with van der Waals surface area (Å²) in [5, 5.41) is 10.2. The van der Waals surface area contributed by atoms with E-state index >= 15 is 0 Å². The highest BCUT2D eigenvalue weighted by Crippen LogP contribution is 2.28. The van der Waals surface area contributed by atoms with E-state index in [-0.39, 0.29) is 28.1 Å². The van der Waals surface area contributed by atoms with Crippen LogP contribution in [-0.4, -0.2) is 10.3 Å². The zero-order chi connectivity index (χ0) is 12.3. The molecule has 1 rings (SSSR count). The summed E-state index contributed by atoms with van der Waals surface area (Å²) in [4.78, 5) is 10.2. The van der Waals surface area contributed by atoms with Crippen molar-refractivity contribution in [2.45, 2.75) is 25.1 Å². The van der Waals surface area contributed by atoms with E-state index in [1.54, 1.807) is 0 Å². The largest absolute Gasteiger partial charge is 0.274 e. The van der Waals surface area contributed by atoms with Gasteiger partial charge < -0.3 is 0 Å². The number of hydrogen-bond donors (Lipinski definition) is 0. The number of alkyl halides is 1. The van der Waals surface area contributed by atoms with Gasteiger partial charge in [0.05, 0.1) is 9.95 Å². The van der Waals surface area contributed by atoms with Crippen LogP contribution in [0.15, 0.2) is 12.1 Å². The van der Waals surface area contributed by atoms with Gasteiger partial charge in [0.2, 0.25) is 0 Å². The van der Waals surface area contributed by atoms with Gasteiger partial charge in [0, 0.05) is 17.0 Å². The molecule has 0 spiro atoms. The predicted molar refractivity (Wildman–Crippen MR) is 61.7 cm³/mol. The van der Waals surface area contributed by atoms with E-state index in [0.717, 1.165) is 12.1 Å². The predicted octanol–water partition coefficient (Wildman–Crippen LogP) is 3.95. The molecule has 0 radical (unpaired) electrons. The molecule has 88 valence electrons. The minimum absolute atomic E-state index is 0.189. The number of nitrogens with zero attached hydrogens (tertiary/aromatic N) is 1. The first-order valence-electron chi connectivity index (χ1n) is 4.72. The third-order valence-electron chi connectivity index (χ3n) is 2.20. The van der Waals surface area contributed by atoms with E-state index in [9.17, 15) is 14.5 Å². The molecule has 0 bridgehead atoms. The highest BCUT2D eigenvalue weighted by molar-refractivity contribution is 6.31. The molecular weight excluding hydrogens is 256 g/mol. The summed E-state index contributed by atoms with van der Waals surface area (Å²) in [5.41, 5.74) is 0.0826. The molecule has 1 aromatic carbocycles. The molecular formula is C10H10Cl2FNO2. The molecule has 0 aliphatic carbocycles. The molecule has 0 saturated heterocycles. The number of nitro benzene ring substituents is 1. The van der Waals surface area contributed by atoms with E-state index in [4.69, 9.17) is 23.2 Å². The number of halogens is 3. The third kappa shape index (κ3) is 3.06. The Morgan fingerprint density at radius 2 is 2.19 bits per heavy atom. The monoisotopic (exact) mass is 265 g/mol. The van der Waals surface area contributed by atoms with E-state index < -0.39 is 10.7 Å². The Labute approximate surface area is 102 Å². The zero-order valence-electron chi connectivity index (χ0n) is 8.54. The standard InChI is InChI=1S/C10H10Cl2FNO2/c1-2-7(11)3-6-4-9(13)8(12)5-10(6)14(15)16/h4-5,7H,2-3H2,1H3. The Morgan fingerprint density at radius 1 is 1.56 bits per heavy atom. The van der Waals surface area contributed by atoms with Crippen molar-refractivity contribution in [2.24, 2.45) is 0 Å². The molecule has 16 heavy (non-hydrogen) atoms. The van der Waals surface area contributed by atoms with Gasteiger partial charge in [0.15, 0.2) is 0 Å². The second-order valence-corrected chi connectivity index (χ2v) is 4.39. The van der Waals surface area contributed by atoms with Gasteiger partial charge in [0.1, 0.15) is 5.82 Å². The van der Waals surface area contributed by atoms with Crippen molar-refractivity contribution >= 4 is 28.9 Å². The molecule has 0 heterocycles. The first-order chi connectivity index (χ1) is 7.45. The summed E-state index contributed by atoms with van der Waals surface area (Å²) in [5.74, 6) is -0.665. The van der Waals surface area contributed by atoms with Crippen molar-refractivity contribution < 1.29 is 9.31 Å². The smallest absolute Gasteiger partial charge is 0.258 e. The van der Waals surface area contributed by atoms with Gasteiger partial charge in [-0.3, -0.25) is 10.1 Å². The van der Waals surface area contributed by atoms with Crippen LogP contribution in [0.4, 0.5) is 10.1 Å². The van der Waals surface area contributed by atoms with Crippen molar-refractivity contribution in [1.82, 2.24) is 0 Å². The zero-order valence-corrected chi connectivity index (χ0v) is 10.1. The normalized spacial score (nSPS) is 12.5. The van der Waals surface area contributed by atoms with Gasteiger partial charge in [0.25, 0.3) is 5.69 Å². The summed E-state index contributed by atoms with van der Waals surface area (Å²) in [6.07, 6.45) is 0.908. The van der Waals surface area contributed by atoms with Crippen LogP contribution in [0.25, 0.3) is 0 Å². The third-order valence-corrected chi connectivity index (χ3v) is 2.96. The maximum atomic E-state index is 13.2. The molecule has 1 aromatic rings. The van der Waals surface area contributed by atoms with Crippen molar-refractivity contribution in [3.63, 3.8) is 0 Å². The molecule has 6 heteroatoms. The highest BCUT2D eigenvalue weighted by atomic mass is 35.5. The Balaban J connectivity index is 3.14. The van der Waals surface area contributed by atoms with Gasteiger partial charge in [-0.1, -0.05) is 18.5 Å². The summed E-state index contributed by atoms with van der Waals surface area (Å²) in [6, 6.07) is 2.09.